The molecule has 0 spiro atoms. The Balaban J connectivity index is 2.45. The second-order valence-corrected chi connectivity index (χ2v) is 4.78. The van der Waals surface area contributed by atoms with Crippen molar-refractivity contribution in [2.75, 3.05) is 13.6 Å². The van der Waals surface area contributed by atoms with Crippen molar-refractivity contribution in [2.45, 2.75) is 32.7 Å². The van der Waals surface area contributed by atoms with Gasteiger partial charge in [-0.3, -0.25) is 9.78 Å². The van der Waals surface area contributed by atoms with Crippen LogP contribution in [0.4, 0.5) is 0 Å². The van der Waals surface area contributed by atoms with Crippen LogP contribution in [0.1, 0.15) is 25.8 Å². The lowest BCUT2D eigenvalue weighted by Crippen LogP contribution is -2.46. The molecule has 0 fully saturated rings. The lowest BCUT2D eigenvalue weighted by Gasteiger charge is -2.24. The van der Waals surface area contributed by atoms with Gasteiger partial charge in [-0.2, -0.15) is 0 Å². The van der Waals surface area contributed by atoms with E-state index in [0.29, 0.717) is 6.54 Å². The number of carbonyl (C=O) groups excluding carboxylic acids is 1. The molecule has 0 radical (unpaired) electrons. The first-order valence-electron chi connectivity index (χ1n) is 6.45. The molecule has 0 aliphatic heterocycles. The van der Waals surface area contributed by atoms with Crippen molar-refractivity contribution in [3.8, 4) is 0 Å². The molecule has 2 atom stereocenters. The third kappa shape index (κ3) is 4.11. The zero-order valence-corrected chi connectivity index (χ0v) is 11.5. The number of carbonyl (C=O) groups is 1. The van der Waals surface area contributed by atoms with E-state index in [1.54, 1.807) is 17.3 Å². The van der Waals surface area contributed by atoms with Gasteiger partial charge in [0, 0.05) is 26.0 Å². The maximum absolute atomic E-state index is 12.1. The molecular formula is C14H23N3O. The molecule has 1 heterocycles. The molecule has 4 nitrogen and oxygen atoms in total. The van der Waals surface area contributed by atoms with Crippen LogP contribution in [0.3, 0.4) is 0 Å². The molecule has 1 rings (SSSR count). The van der Waals surface area contributed by atoms with E-state index in [2.05, 4.69) is 11.9 Å². The Morgan fingerprint density at radius 1 is 1.44 bits per heavy atom. The van der Waals surface area contributed by atoms with E-state index in [4.69, 9.17) is 5.73 Å². The average Bonchev–Trinajstić information content (AvgIpc) is 2.43. The molecule has 1 amide bonds. The summed E-state index contributed by atoms with van der Waals surface area (Å²) in [7, 11) is 1.81. The summed E-state index contributed by atoms with van der Waals surface area (Å²) in [5.74, 6) is 0.249. The van der Waals surface area contributed by atoms with E-state index < -0.39 is 6.04 Å². The highest BCUT2D eigenvalue weighted by atomic mass is 16.2. The fourth-order valence-electron chi connectivity index (χ4n) is 1.71. The van der Waals surface area contributed by atoms with Crippen LogP contribution in [0.2, 0.25) is 0 Å². The highest BCUT2D eigenvalue weighted by Crippen LogP contribution is 2.08. The van der Waals surface area contributed by atoms with Gasteiger partial charge in [0.05, 0.1) is 6.04 Å². The van der Waals surface area contributed by atoms with Crippen LogP contribution in [-0.4, -0.2) is 35.4 Å². The fourth-order valence-corrected chi connectivity index (χ4v) is 1.71. The summed E-state index contributed by atoms with van der Waals surface area (Å²) in [6.07, 6.45) is 5.28. The summed E-state index contributed by atoms with van der Waals surface area (Å²) in [6.45, 7) is 4.75. The van der Waals surface area contributed by atoms with Crippen molar-refractivity contribution in [2.24, 2.45) is 11.7 Å². The monoisotopic (exact) mass is 249 g/mol. The van der Waals surface area contributed by atoms with Gasteiger partial charge >= 0.3 is 0 Å². The second-order valence-electron chi connectivity index (χ2n) is 4.78. The maximum atomic E-state index is 12.1. The minimum Gasteiger partial charge on any atom is -0.344 e. The Kier molecular flexibility index (Phi) is 5.78. The van der Waals surface area contributed by atoms with Crippen molar-refractivity contribution in [1.82, 2.24) is 9.88 Å². The van der Waals surface area contributed by atoms with Gasteiger partial charge in [-0.25, -0.2) is 0 Å². The van der Waals surface area contributed by atoms with Crippen molar-refractivity contribution < 1.29 is 4.79 Å². The van der Waals surface area contributed by atoms with E-state index in [1.165, 1.54) is 5.56 Å². The SMILES string of the molecule is CCC(C)C(N)C(=O)N(C)CCc1ccncc1. The van der Waals surface area contributed by atoms with Crippen molar-refractivity contribution >= 4 is 5.91 Å². The van der Waals surface area contributed by atoms with E-state index >= 15 is 0 Å². The summed E-state index contributed by atoms with van der Waals surface area (Å²) in [5.41, 5.74) is 7.12. The van der Waals surface area contributed by atoms with E-state index in [0.717, 1.165) is 12.8 Å². The number of rotatable bonds is 6. The quantitative estimate of drug-likeness (QED) is 0.830. The molecule has 4 heteroatoms. The van der Waals surface area contributed by atoms with Gasteiger partial charge in [0.1, 0.15) is 0 Å². The van der Waals surface area contributed by atoms with Gasteiger partial charge in [-0.05, 0) is 30.0 Å². The van der Waals surface area contributed by atoms with Gasteiger partial charge in [-0.1, -0.05) is 20.3 Å². The lowest BCUT2D eigenvalue weighted by atomic mass is 9.99. The Morgan fingerprint density at radius 2 is 2.06 bits per heavy atom. The largest absolute Gasteiger partial charge is 0.344 e. The van der Waals surface area contributed by atoms with E-state index in [1.807, 2.05) is 26.1 Å². The Bertz CT molecular complexity index is 367. The van der Waals surface area contributed by atoms with Gasteiger partial charge < -0.3 is 10.6 Å². The molecule has 2 N–H and O–H groups in total. The molecule has 0 saturated heterocycles. The molecular weight excluding hydrogens is 226 g/mol. The van der Waals surface area contributed by atoms with Crippen LogP contribution in [-0.2, 0) is 11.2 Å². The number of likely N-dealkylation sites (N-methyl/N-ethyl adjacent to an activating group) is 1. The predicted octanol–water partition coefficient (Wildman–Crippen LogP) is 1.46. The fraction of sp³-hybridized carbons (Fsp3) is 0.571. The van der Waals surface area contributed by atoms with Gasteiger partial charge in [-0.15, -0.1) is 0 Å². The van der Waals surface area contributed by atoms with Crippen LogP contribution < -0.4 is 5.73 Å². The van der Waals surface area contributed by atoms with Crippen LogP contribution in [0, 0.1) is 5.92 Å². The van der Waals surface area contributed by atoms with Crippen molar-refractivity contribution in [3.63, 3.8) is 0 Å². The molecule has 0 bridgehead atoms. The average molecular weight is 249 g/mol. The molecule has 100 valence electrons. The topological polar surface area (TPSA) is 59.2 Å². The van der Waals surface area contributed by atoms with Crippen LogP contribution in [0.5, 0.6) is 0 Å². The van der Waals surface area contributed by atoms with Crippen LogP contribution in [0.15, 0.2) is 24.5 Å². The summed E-state index contributed by atoms with van der Waals surface area (Å²) in [5, 5.41) is 0. The number of aromatic nitrogens is 1. The van der Waals surface area contributed by atoms with E-state index in [-0.39, 0.29) is 11.8 Å². The minimum atomic E-state index is -0.391. The number of nitrogens with zero attached hydrogens (tertiary/aromatic N) is 2. The third-order valence-electron chi connectivity index (χ3n) is 3.40. The Labute approximate surface area is 109 Å². The molecule has 1 aromatic rings. The molecule has 0 aliphatic rings. The molecule has 0 aliphatic carbocycles. The van der Waals surface area contributed by atoms with Crippen molar-refractivity contribution in [3.05, 3.63) is 30.1 Å². The number of amides is 1. The molecule has 2 unspecified atom stereocenters. The van der Waals surface area contributed by atoms with Gasteiger partial charge in [0.15, 0.2) is 0 Å². The zero-order chi connectivity index (χ0) is 13.5. The summed E-state index contributed by atoms with van der Waals surface area (Å²) in [4.78, 5) is 17.7. The lowest BCUT2D eigenvalue weighted by molar-refractivity contribution is -0.132. The Hall–Kier alpha value is -1.42. The summed E-state index contributed by atoms with van der Waals surface area (Å²) < 4.78 is 0. The van der Waals surface area contributed by atoms with Crippen molar-refractivity contribution in [1.29, 1.82) is 0 Å². The number of hydrogen-bond donors (Lipinski definition) is 1. The normalized spacial score (nSPS) is 14.0. The predicted molar refractivity (Wildman–Crippen MR) is 73.0 cm³/mol. The van der Waals surface area contributed by atoms with Gasteiger partial charge in [0.25, 0.3) is 0 Å². The molecule has 0 aromatic carbocycles. The summed E-state index contributed by atoms with van der Waals surface area (Å²) in [6, 6.07) is 3.54. The first-order valence-corrected chi connectivity index (χ1v) is 6.45. The standard InChI is InChI=1S/C14H23N3O/c1-4-11(2)13(15)14(18)17(3)10-7-12-5-8-16-9-6-12/h5-6,8-9,11,13H,4,7,10,15H2,1-3H3. The van der Waals surface area contributed by atoms with Crippen LogP contribution >= 0.6 is 0 Å². The van der Waals surface area contributed by atoms with E-state index in [9.17, 15) is 4.79 Å². The highest BCUT2D eigenvalue weighted by Gasteiger charge is 2.22. The van der Waals surface area contributed by atoms with Gasteiger partial charge in [0.2, 0.25) is 5.91 Å². The number of hydrogen-bond acceptors (Lipinski definition) is 3. The number of pyridine rings is 1. The Morgan fingerprint density at radius 3 is 2.61 bits per heavy atom. The maximum Gasteiger partial charge on any atom is 0.239 e. The number of nitrogens with two attached hydrogens (primary N) is 1. The minimum absolute atomic E-state index is 0.0263. The second kappa shape index (κ2) is 7.11. The molecule has 0 saturated carbocycles. The highest BCUT2D eigenvalue weighted by molar-refractivity contribution is 5.81. The first kappa shape index (κ1) is 14.6. The molecule has 1 aromatic heterocycles. The third-order valence-corrected chi connectivity index (χ3v) is 3.40. The van der Waals surface area contributed by atoms with Crippen LogP contribution in [0.25, 0.3) is 0 Å². The zero-order valence-electron chi connectivity index (χ0n) is 11.5. The molecule has 18 heavy (non-hydrogen) atoms. The summed E-state index contributed by atoms with van der Waals surface area (Å²) >= 11 is 0. The first-order chi connectivity index (χ1) is 8.56. The smallest absolute Gasteiger partial charge is 0.239 e.